The number of hydrogen-bond acceptors (Lipinski definition) is 5. The molecule has 7 heteroatoms. The third-order valence-electron chi connectivity index (χ3n) is 4.61. The summed E-state index contributed by atoms with van der Waals surface area (Å²) in [6, 6.07) is 7.56. The number of carbonyl (C=O) groups is 1. The van der Waals surface area contributed by atoms with Crippen LogP contribution in [0.5, 0.6) is 0 Å². The monoisotopic (exact) mass is 358 g/mol. The summed E-state index contributed by atoms with van der Waals surface area (Å²) < 4.78 is 5.37. The number of rotatable bonds is 3. The summed E-state index contributed by atoms with van der Waals surface area (Å²) in [5.41, 5.74) is 1.95. The van der Waals surface area contributed by atoms with E-state index in [0.29, 0.717) is 25.6 Å². The standard InChI is InChI=1S/C18H19ClN4O2/c19-14-2-1-3-15-13(14)5-7-23(15)18(24)12-16-20-6-4-17(21-16)22-8-10-25-11-9-22/h1-4,6H,5,7-12H2. The van der Waals surface area contributed by atoms with Crippen molar-refractivity contribution in [3.8, 4) is 0 Å². The molecule has 3 heterocycles. The van der Waals surface area contributed by atoms with Crippen molar-refractivity contribution in [2.75, 3.05) is 42.6 Å². The molecule has 0 spiro atoms. The lowest BCUT2D eigenvalue weighted by molar-refractivity contribution is -0.118. The van der Waals surface area contributed by atoms with Gasteiger partial charge in [-0.3, -0.25) is 4.79 Å². The van der Waals surface area contributed by atoms with E-state index in [4.69, 9.17) is 16.3 Å². The fourth-order valence-corrected chi connectivity index (χ4v) is 3.59. The molecule has 1 saturated heterocycles. The fourth-order valence-electron chi connectivity index (χ4n) is 3.32. The quantitative estimate of drug-likeness (QED) is 0.841. The smallest absolute Gasteiger partial charge is 0.234 e. The van der Waals surface area contributed by atoms with E-state index in [9.17, 15) is 4.79 Å². The van der Waals surface area contributed by atoms with Crippen LogP contribution in [0.2, 0.25) is 5.02 Å². The molecule has 1 aromatic carbocycles. The maximum Gasteiger partial charge on any atom is 0.234 e. The van der Waals surface area contributed by atoms with Gasteiger partial charge in [0.1, 0.15) is 11.6 Å². The Bertz CT molecular complexity index is 792. The second kappa shape index (κ2) is 6.98. The van der Waals surface area contributed by atoms with E-state index in [2.05, 4.69) is 14.9 Å². The molecule has 130 valence electrons. The molecule has 0 atom stereocenters. The predicted octanol–water partition coefficient (Wildman–Crippen LogP) is 2.10. The number of hydrogen-bond donors (Lipinski definition) is 0. The van der Waals surface area contributed by atoms with E-state index < -0.39 is 0 Å². The molecular weight excluding hydrogens is 340 g/mol. The van der Waals surface area contributed by atoms with E-state index in [1.165, 1.54) is 0 Å². The maximum absolute atomic E-state index is 12.7. The van der Waals surface area contributed by atoms with Gasteiger partial charge in [0.15, 0.2) is 0 Å². The van der Waals surface area contributed by atoms with E-state index in [0.717, 1.165) is 41.6 Å². The second-order valence-corrected chi connectivity index (χ2v) is 6.55. The molecule has 25 heavy (non-hydrogen) atoms. The highest BCUT2D eigenvalue weighted by atomic mass is 35.5. The molecule has 1 aromatic heterocycles. The number of fused-ring (bicyclic) bond motifs is 1. The Morgan fingerprint density at radius 1 is 1.20 bits per heavy atom. The fraction of sp³-hybridized carbons (Fsp3) is 0.389. The minimum atomic E-state index is 0.000133. The number of morpholine rings is 1. The Balaban J connectivity index is 1.50. The summed E-state index contributed by atoms with van der Waals surface area (Å²) >= 11 is 6.23. The van der Waals surface area contributed by atoms with Gasteiger partial charge in [-0.25, -0.2) is 9.97 Å². The second-order valence-electron chi connectivity index (χ2n) is 6.14. The van der Waals surface area contributed by atoms with Gasteiger partial charge in [0.2, 0.25) is 5.91 Å². The Morgan fingerprint density at radius 3 is 2.88 bits per heavy atom. The Hall–Kier alpha value is -2.18. The number of aromatic nitrogens is 2. The number of anilines is 2. The largest absolute Gasteiger partial charge is 0.378 e. The van der Waals surface area contributed by atoms with E-state index >= 15 is 0 Å². The van der Waals surface area contributed by atoms with Gasteiger partial charge in [-0.1, -0.05) is 17.7 Å². The van der Waals surface area contributed by atoms with Crippen LogP contribution in [0.3, 0.4) is 0 Å². The van der Waals surface area contributed by atoms with Crippen molar-refractivity contribution in [1.82, 2.24) is 9.97 Å². The maximum atomic E-state index is 12.7. The van der Waals surface area contributed by atoms with Crippen molar-refractivity contribution >= 4 is 29.0 Å². The highest BCUT2D eigenvalue weighted by molar-refractivity contribution is 6.32. The first-order valence-electron chi connectivity index (χ1n) is 8.45. The minimum absolute atomic E-state index is 0.000133. The van der Waals surface area contributed by atoms with E-state index in [-0.39, 0.29) is 12.3 Å². The predicted molar refractivity (Wildman–Crippen MR) is 96.3 cm³/mol. The minimum Gasteiger partial charge on any atom is -0.378 e. The summed E-state index contributed by atoms with van der Waals surface area (Å²) in [7, 11) is 0. The normalized spacial score (nSPS) is 16.8. The average molecular weight is 359 g/mol. The molecule has 1 fully saturated rings. The van der Waals surface area contributed by atoms with Crippen LogP contribution < -0.4 is 9.80 Å². The van der Waals surface area contributed by atoms with Gasteiger partial charge in [-0.15, -0.1) is 0 Å². The van der Waals surface area contributed by atoms with Crippen molar-refractivity contribution in [1.29, 1.82) is 0 Å². The van der Waals surface area contributed by atoms with Gasteiger partial charge in [-0.2, -0.15) is 0 Å². The Labute approximate surface area is 151 Å². The Kier molecular flexibility index (Phi) is 4.55. The van der Waals surface area contributed by atoms with Gasteiger partial charge in [0.05, 0.1) is 19.6 Å². The molecule has 0 N–H and O–H groups in total. The molecular formula is C18H19ClN4O2. The van der Waals surface area contributed by atoms with Crippen LogP contribution in [0.15, 0.2) is 30.5 Å². The van der Waals surface area contributed by atoms with Crippen LogP contribution in [0.1, 0.15) is 11.4 Å². The molecule has 4 rings (SSSR count). The summed E-state index contributed by atoms with van der Waals surface area (Å²) in [6.45, 7) is 3.67. The molecule has 2 aliphatic heterocycles. The third kappa shape index (κ3) is 3.32. The van der Waals surface area contributed by atoms with Crippen molar-refractivity contribution in [3.63, 3.8) is 0 Å². The Morgan fingerprint density at radius 2 is 2.04 bits per heavy atom. The molecule has 1 amide bonds. The molecule has 0 unspecified atom stereocenters. The lowest BCUT2D eigenvalue weighted by Gasteiger charge is -2.27. The number of halogens is 1. The SMILES string of the molecule is O=C(Cc1nccc(N2CCOCC2)n1)N1CCc2c(Cl)cccc21. The van der Waals surface area contributed by atoms with Crippen LogP contribution in [-0.4, -0.2) is 48.7 Å². The van der Waals surface area contributed by atoms with Crippen LogP contribution in [0.25, 0.3) is 0 Å². The van der Waals surface area contributed by atoms with Gasteiger partial charge in [0, 0.05) is 36.5 Å². The van der Waals surface area contributed by atoms with Crippen molar-refractivity contribution in [2.24, 2.45) is 0 Å². The van der Waals surface area contributed by atoms with Crippen LogP contribution in [0, 0.1) is 0 Å². The summed E-state index contributed by atoms with van der Waals surface area (Å²) in [5, 5.41) is 0.721. The topological polar surface area (TPSA) is 58.6 Å². The number of amides is 1. The van der Waals surface area contributed by atoms with Gasteiger partial charge < -0.3 is 14.5 Å². The van der Waals surface area contributed by atoms with E-state index in [1.54, 1.807) is 11.1 Å². The molecule has 0 saturated carbocycles. The summed E-state index contributed by atoms with van der Waals surface area (Å²) in [4.78, 5) is 25.5. The first-order valence-corrected chi connectivity index (χ1v) is 8.82. The van der Waals surface area contributed by atoms with Gasteiger partial charge >= 0.3 is 0 Å². The van der Waals surface area contributed by atoms with Crippen molar-refractivity contribution in [3.05, 3.63) is 46.9 Å². The molecule has 0 radical (unpaired) electrons. The van der Waals surface area contributed by atoms with Gasteiger partial charge in [0.25, 0.3) is 0 Å². The van der Waals surface area contributed by atoms with E-state index in [1.807, 2.05) is 24.3 Å². The lowest BCUT2D eigenvalue weighted by Crippen LogP contribution is -2.37. The first-order chi connectivity index (χ1) is 12.2. The van der Waals surface area contributed by atoms with Crippen LogP contribution in [-0.2, 0) is 22.4 Å². The first kappa shape index (κ1) is 16.3. The molecule has 0 aliphatic carbocycles. The van der Waals surface area contributed by atoms with Crippen molar-refractivity contribution < 1.29 is 9.53 Å². The highest BCUT2D eigenvalue weighted by Gasteiger charge is 2.26. The summed E-state index contributed by atoms with van der Waals surface area (Å²) in [6.07, 6.45) is 2.69. The zero-order valence-corrected chi connectivity index (χ0v) is 14.6. The van der Waals surface area contributed by atoms with Crippen LogP contribution in [0.4, 0.5) is 11.5 Å². The number of ether oxygens (including phenoxy) is 1. The molecule has 0 bridgehead atoms. The highest BCUT2D eigenvalue weighted by Crippen LogP contribution is 2.33. The molecule has 6 nitrogen and oxygen atoms in total. The zero-order chi connectivity index (χ0) is 17.2. The number of nitrogens with zero attached hydrogens (tertiary/aromatic N) is 4. The number of benzene rings is 1. The zero-order valence-electron chi connectivity index (χ0n) is 13.8. The van der Waals surface area contributed by atoms with Crippen LogP contribution >= 0.6 is 11.6 Å². The third-order valence-corrected chi connectivity index (χ3v) is 4.96. The summed E-state index contributed by atoms with van der Waals surface area (Å²) in [5.74, 6) is 1.40. The number of carbonyl (C=O) groups excluding carboxylic acids is 1. The van der Waals surface area contributed by atoms with Gasteiger partial charge in [-0.05, 0) is 30.2 Å². The van der Waals surface area contributed by atoms with Crippen molar-refractivity contribution in [2.45, 2.75) is 12.8 Å². The molecule has 2 aromatic rings. The molecule has 2 aliphatic rings. The lowest BCUT2D eigenvalue weighted by atomic mass is 10.2. The average Bonchev–Trinajstić information content (AvgIpc) is 3.08.